The summed E-state index contributed by atoms with van der Waals surface area (Å²) >= 11 is 11.9. The number of carbonyl (C=O) groups excluding carboxylic acids is 1. The van der Waals surface area contributed by atoms with Gasteiger partial charge in [0.2, 0.25) is 0 Å². The lowest BCUT2D eigenvalue weighted by Crippen LogP contribution is -2.44. The Morgan fingerprint density at radius 3 is 3.00 bits per heavy atom. The first kappa shape index (κ1) is 14.6. The summed E-state index contributed by atoms with van der Waals surface area (Å²) in [6.45, 7) is 1.45. The largest absolute Gasteiger partial charge is 0.468 e. The van der Waals surface area contributed by atoms with Crippen molar-refractivity contribution in [2.75, 3.05) is 13.7 Å². The lowest BCUT2D eigenvalue weighted by atomic mass is 10.0. The van der Waals surface area contributed by atoms with Crippen LogP contribution in [0.15, 0.2) is 12.3 Å². The Hall–Kier alpha value is -0.840. The number of piperidine rings is 1. The van der Waals surface area contributed by atoms with Gasteiger partial charge in [-0.05, 0) is 25.5 Å². The molecule has 1 aromatic rings. The van der Waals surface area contributed by atoms with Gasteiger partial charge < -0.3 is 4.74 Å². The molecule has 1 aromatic heterocycles. The van der Waals surface area contributed by atoms with Crippen molar-refractivity contribution >= 4 is 29.2 Å². The number of likely N-dealkylation sites (tertiary alicyclic amines) is 1. The number of ether oxygens (including phenoxy) is 1. The summed E-state index contributed by atoms with van der Waals surface area (Å²) in [6, 6.07) is 1.43. The lowest BCUT2D eigenvalue weighted by Gasteiger charge is -2.33. The minimum Gasteiger partial charge on any atom is -0.468 e. The number of hydrogen-bond acceptors (Lipinski definition) is 4. The maximum atomic E-state index is 11.8. The second-order valence-electron chi connectivity index (χ2n) is 4.60. The van der Waals surface area contributed by atoms with Crippen LogP contribution in [0.5, 0.6) is 0 Å². The molecule has 1 aliphatic heterocycles. The molecular formula is C13H16Cl2N2O2. The molecule has 0 amide bonds. The molecule has 1 fully saturated rings. The maximum absolute atomic E-state index is 11.8. The highest BCUT2D eigenvalue weighted by atomic mass is 35.5. The monoisotopic (exact) mass is 302 g/mol. The zero-order chi connectivity index (χ0) is 13.8. The third-order valence-corrected chi connectivity index (χ3v) is 3.92. The number of methoxy groups -OCH3 is 1. The SMILES string of the molecule is COC(=O)C1CCCCN1Cc1cnc(Cl)cc1Cl. The van der Waals surface area contributed by atoms with E-state index >= 15 is 0 Å². The average Bonchev–Trinajstić information content (AvgIpc) is 2.41. The first-order valence-electron chi connectivity index (χ1n) is 6.23. The molecule has 1 unspecified atom stereocenters. The van der Waals surface area contributed by atoms with E-state index in [1.54, 1.807) is 12.3 Å². The van der Waals surface area contributed by atoms with Crippen molar-refractivity contribution in [2.24, 2.45) is 0 Å². The predicted molar refractivity (Wildman–Crippen MR) is 74.3 cm³/mol. The molecule has 1 saturated heterocycles. The third kappa shape index (κ3) is 3.59. The molecule has 6 heteroatoms. The summed E-state index contributed by atoms with van der Waals surface area (Å²) in [5, 5.41) is 0.950. The Labute approximate surface area is 122 Å². The number of hydrogen-bond donors (Lipinski definition) is 0. The Kier molecular flexibility index (Phi) is 5.02. The predicted octanol–water partition coefficient (Wildman–Crippen LogP) is 2.92. The molecule has 2 heterocycles. The summed E-state index contributed by atoms with van der Waals surface area (Å²) in [6.07, 6.45) is 4.61. The van der Waals surface area contributed by atoms with Crippen LogP contribution in [0, 0.1) is 0 Å². The molecule has 0 aromatic carbocycles. The van der Waals surface area contributed by atoms with Crippen LogP contribution in [0.2, 0.25) is 10.2 Å². The number of carbonyl (C=O) groups is 1. The fourth-order valence-electron chi connectivity index (χ4n) is 2.35. The second-order valence-corrected chi connectivity index (χ2v) is 5.40. The molecule has 0 aliphatic carbocycles. The molecule has 0 radical (unpaired) electrons. The van der Waals surface area contributed by atoms with Crippen LogP contribution >= 0.6 is 23.2 Å². The maximum Gasteiger partial charge on any atom is 0.323 e. The highest BCUT2D eigenvalue weighted by molar-refractivity contribution is 6.34. The van der Waals surface area contributed by atoms with Crippen LogP contribution < -0.4 is 0 Å². The summed E-state index contributed by atoms with van der Waals surface area (Å²) in [4.78, 5) is 17.9. The Morgan fingerprint density at radius 2 is 2.32 bits per heavy atom. The van der Waals surface area contributed by atoms with E-state index < -0.39 is 0 Å². The van der Waals surface area contributed by atoms with Gasteiger partial charge >= 0.3 is 5.97 Å². The van der Waals surface area contributed by atoms with E-state index in [2.05, 4.69) is 9.88 Å². The number of nitrogens with zero attached hydrogens (tertiary/aromatic N) is 2. The van der Waals surface area contributed by atoms with E-state index in [0.717, 1.165) is 31.4 Å². The Balaban J connectivity index is 2.13. The standard InChI is InChI=1S/C13H16Cl2N2O2/c1-19-13(18)11-4-2-3-5-17(11)8-9-7-16-12(15)6-10(9)14/h6-7,11H,2-5,8H2,1H3. The first-order chi connectivity index (χ1) is 9.11. The van der Waals surface area contributed by atoms with Gasteiger partial charge in [0, 0.05) is 23.3 Å². The molecule has 0 saturated carbocycles. The zero-order valence-electron chi connectivity index (χ0n) is 10.7. The molecular weight excluding hydrogens is 287 g/mol. The van der Waals surface area contributed by atoms with Crippen molar-refractivity contribution in [1.82, 2.24) is 9.88 Å². The normalized spacial score (nSPS) is 20.3. The number of esters is 1. The molecule has 0 bridgehead atoms. The summed E-state index contributed by atoms with van der Waals surface area (Å²) < 4.78 is 4.86. The van der Waals surface area contributed by atoms with Crippen molar-refractivity contribution in [3.05, 3.63) is 28.0 Å². The van der Waals surface area contributed by atoms with Gasteiger partial charge in [0.05, 0.1) is 7.11 Å². The van der Waals surface area contributed by atoms with Gasteiger partial charge in [-0.25, -0.2) is 4.98 Å². The third-order valence-electron chi connectivity index (χ3n) is 3.36. The van der Waals surface area contributed by atoms with Crippen LogP contribution in [0.1, 0.15) is 24.8 Å². The first-order valence-corrected chi connectivity index (χ1v) is 6.99. The summed E-state index contributed by atoms with van der Waals surface area (Å²) in [5.74, 6) is -0.183. The van der Waals surface area contributed by atoms with Gasteiger partial charge in [0.1, 0.15) is 11.2 Å². The fourth-order valence-corrected chi connectivity index (χ4v) is 2.78. The summed E-state index contributed by atoms with van der Waals surface area (Å²) in [5.41, 5.74) is 0.877. The molecule has 2 rings (SSSR count). The van der Waals surface area contributed by atoms with Crippen LogP contribution in [-0.4, -0.2) is 35.5 Å². The second kappa shape index (κ2) is 6.55. The van der Waals surface area contributed by atoms with E-state index in [-0.39, 0.29) is 12.0 Å². The minimum atomic E-state index is -0.189. The molecule has 0 spiro atoms. The van der Waals surface area contributed by atoms with E-state index in [9.17, 15) is 4.79 Å². The molecule has 1 atom stereocenters. The van der Waals surface area contributed by atoms with Crippen LogP contribution in [0.25, 0.3) is 0 Å². The van der Waals surface area contributed by atoms with Crippen molar-refractivity contribution < 1.29 is 9.53 Å². The van der Waals surface area contributed by atoms with Crippen molar-refractivity contribution in [1.29, 1.82) is 0 Å². The Morgan fingerprint density at radius 1 is 1.53 bits per heavy atom. The van der Waals surface area contributed by atoms with Gasteiger partial charge in [0.15, 0.2) is 0 Å². The van der Waals surface area contributed by atoms with Crippen LogP contribution in [0.4, 0.5) is 0 Å². The van der Waals surface area contributed by atoms with Crippen molar-refractivity contribution in [3.63, 3.8) is 0 Å². The van der Waals surface area contributed by atoms with Crippen LogP contribution in [0.3, 0.4) is 0 Å². The smallest absolute Gasteiger partial charge is 0.323 e. The van der Waals surface area contributed by atoms with Crippen LogP contribution in [-0.2, 0) is 16.1 Å². The Bertz CT molecular complexity index is 468. The van der Waals surface area contributed by atoms with Gasteiger partial charge in [-0.2, -0.15) is 0 Å². The van der Waals surface area contributed by atoms with Crippen molar-refractivity contribution in [2.45, 2.75) is 31.8 Å². The molecule has 19 heavy (non-hydrogen) atoms. The van der Waals surface area contributed by atoms with Gasteiger partial charge in [-0.15, -0.1) is 0 Å². The quantitative estimate of drug-likeness (QED) is 0.636. The number of halogens is 2. The number of aromatic nitrogens is 1. The lowest BCUT2D eigenvalue weighted by molar-refractivity contribution is -0.148. The van der Waals surface area contributed by atoms with E-state index in [1.165, 1.54) is 7.11 Å². The molecule has 1 aliphatic rings. The zero-order valence-corrected chi connectivity index (χ0v) is 12.2. The fraction of sp³-hybridized carbons (Fsp3) is 0.538. The average molecular weight is 303 g/mol. The molecule has 0 N–H and O–H groups in total. The number of pyridine rings is 1. The van der Waals surface area contributed by atoms with Crippen molar-refractivity contribution in [3.8, 4) is 0 Å². The summed E-state index contributed by atoms with van der Waals surface area (Å²) in [7, 11) is 1.42. The molecule has 104 valence electrons. The van der Waals surface area contributed by atoms with Gasteiger partial charge in [-0.1, -0.05) is 29.6 Å². The van der Waals surface area contributed by atoms with E-state index in [4.69, 9.17) is 27.9 Å². The van der Waals surface area contributed by atoms with E-state index in [1.807, 2.05) is 0 Å². The number of rotatable bonds is 3. The van der Waals surface area contributed by atoms with Gasteiger partial charge in [-0.3, -0.25) is 9.69 Å². The minimum absolute atomic E-state index is 0.183. The highest BCUT2D eigenvalue weighted by Gasteiger charge is 2.29. The van der Waals surface area contributed by atoms with Gasteiger partial charge in [0.25, 0.3) is 0 Å². The highest BCUT2D eigenvalue weighted by Crippen LogP contribution is 2.24. The van der Waals surface area contributed by atoms with E-state index in [0.29, 0.717) is 16.7 Å². The molecule has 4 nitrogen and oxygen atoms in total. The topological polar surface area (TPSA) is 42.4 Å².